The number of carbonyl (C=O) groups excluding carboxylic acids is 1. The van der Waals surface area contributed by atoms with Gasteiger partial charge in [-0.25, -0.2) is 0 Å². The number of nitrogens with one attached hydrogen (secondary N) is 1. The van der Waals surface area contributed by atoms with Crippen LogP contribution >= 0.6 is 11.3 Å². The Bertz CT molecular complexity index is 747. The summed E-state index contributed by atoms with van der Waals surface area (Å²) in [5, 5.41) is 13.2. The Balaban J connectivity index is 1.51. The first-order valence-electron chi connectivity index (χ1n) is 8.56. The van der Waals surface area contributed by atoms with Gasteiger partial charge in [-0.1, -0.05) is 12.1 Å². The Hall–Kier alpha value is -1.85. The van der Waals surface area contributed by atoms with E-state index in [0.717, 1.165) is 23.5 Å². The second-order valence-electron chi connectivity index (χ2n) is 6.79. The highest BCUT2D eigenvalue weighted by Crippen LogP contribution is 2.35. The summed E-state index contributed by atoms with van der Waals surface area (Å²) in [4.78, 5) is 16.8. The summed E-state index contributed by atoms with van der Waals surface area (Å²) in [5.74, 6) is 0.858. The number of nitrogens with zero attached hydrogens (tertiary/aromatic N) is 1. The van der Waals surface area contributed by atoms with Crippen molar-refractivity contribution in [2.24, 2.45) is 5.92 Å². The Labute approximate surface area is 146 Å². The number of rotatable bonds is 3. The highest BCUT2D eigenvalue weighted by Gasteiger charge is 2.40. The van der Waals surface area contributed by atoms with Crippen LogP contribution in [0.5, 0.6) is 5.75 Å². The number of hydrogen-bond acceptors (Lipinski definition) is 4. The first kappa shape index (κ1) is 15.7. The largest absolute Gasteiger partial charge is 0.507 e. The number of hydrogen-bond donors (Lipinski definition) is 2. The zero-order valence-electron chi connectivity index (χ0n) is 13.7. The summed E-state index contributed by atoms with van der Waals surface area (Å²) in [5.41, 5.74) is 0.776. The predicted molar refractivity (Wildman–Crippen MR) is 96.4 cm³/mol. The number of para-hydroxylation sites is 1. The van der Waals surface area contributed by atoms with Crippen molar-refractivity contribution in [3.63, 3.8) is 0 Å². The van der Waals surface area contributed by atoms with E-state index in [4.69, 9.17) is 0 Å². The van der Waals surface area contributed by atoms with Gasteiger partial charge in [0, 0.05) is 22.5 Å². The molecule has 2 N–H and O–H groups in total. The lowest BCUT2D eigenvalue weighted by Gasteiger charge is -2.49. The Morgan fingerprint density at radius 2 is 1.96 bits per heavy atom. The SMILES string of the molecule is C[C@H]1[C@H](NC(=O)c2ccc(-c3ccccc3O)s2)C2CCN1CC2. The average Bonchev–Trinajstić information content (AvgIpc) is 3.09. The van der Waals surface area contributed by atoms with Gasteiger partial charge >= 0.3 is 0 Å². The van der Waals surface area contributed by atoms with Crippen LogP contribution in [0.3, 0.4) is 0 Å². The third-order valence-electron chi connectivity index (χ3n) is 5.47. The molecule has 0 aliphatic carbocycles. The molecule has 2 atom stereocenters. The highest BCUT2D eigenvalue weighted by atomic mass is 32.1. The molecule has 0 unspecified atom stereocenters. The molecule has 126 valence electrons. The average molecular weight is 342 g/mol. The van der Waals surface area contributed by atoms with Crippen molar-refractivity contribution >= 4 is 17.2 Å². The molecule has 0 radical (unpaired) electrons. The van der Waals surface area contributed by atoms with E-state index >= 15 is 0 Å². The molecule has 5 heteroatoms. The number of carbonyl (C=O) groups is 1. The molecular weight excluding hydrogens is 320 g/mol. The number of fused-ring (bicyclic) bond motifs is 3. The summed E-state index contributed by atoms with van der Waals surface area (Å²) in [7, 11) is 0. The molecule has 1 amide bonds. The van der Waals surface area contributed by atoms with Gasteiger partial charge in [0.1, 0.15) is 5.75 Å². The number of aromatic hydroxyl groups is 1. The fourth-order valence-electron chi connectivity index (χ4n) is 4.05. The normalized spacial score (nSPS) is 28.7. The lowest BCUT2D eigenvalue weighted by atomic mass is 9.79. The van der Waals surface area contributed by atoms with Gasteiger partial charge < -0.3 is 10.4 Å². The molecular formula is C19H22N2O2S. The van der Waals surface area contributed by atoms with E-state index in [9.17, 15) is 9.90 Å². The Kier molecular flexibility index (Phi) is 4.06. The molecule has 0 spiro atoms. The van der Waals surface area contributed by atoms with Crippen LogP contribution in [0.15, 0.2) is 36.4 Å². The Morgan fingerprint density at radius 3 is 2.67 bits per heavy atom. The van der Waals surface area contributed by atoms with Crippen LogP contribution in [0, 0.1) is 5.92 Å². The number of thiophene rings is 1. The quantitative estimate of drug-likeness (QED) is 0.899. The predicted octanol–water partition coefficient (Wildman–Crippen LogP) is 3.33. The summed E-state index contributed by atoms with van der Waals surface area (Å²) in [6.07, 6.45) is 2.37. The maximum absolute atomic E-state index is 12.7. The van der Waals surface area contributed by atoms with Crippen LogP contribution in [-0.2, 0) is 0 Å². The molecule has 0 saturated carbocycles. The van der Waals surface area contributed by atoms with Crippen LogP contribution in [0.1, 0.15) is 29.4 Å². The van der Waals surface area contributed by atoms with Crippen LogP contribution < -0.4 is 5.32 Å². The van der Waals surface area contributed by atoms with Gasteiger partial charge in [-0.3, -0.25) is 9.69 Å². The third-order valence-corrected chi connectivity index (χ3v) is 6.59. The van der Waals surface area contributed by atoms with Crippen molar-refractivity contribution < 1.29 is 9.90 Å². The molecule has 3 aliphatic rings. The van der Waals surface area contributed by atoms with E-state index in [2.05, 4.69) is 17.1 Å². The molecule has 1 aromatic carbocycles. The van der Waals surface area contributed by atoms with Crippen molar-refractivity contribution in [1.29, 1.82) is 0 Å². The van der Waals surface area contributed by atoms with Gasteiger partial charge in [0.2, 0.25) is 0 Å². The third kappa shape index (κ3) is 2.72. The van der Waals surface area contributed by atoms with Gasteiger partial charge in [0.05, 0.1) is 4.88 Å². The molecule has 4 heterocycles. The second kappa shape index (κ2) is 6.22. The molecule has 4 nitrogen and oxygen atoms in total. The van der Waals surface area contributed by atoms with Crippen molar-refractivity contribution in [2.45, 2.75) is 31.8 Å². The summed E-state index contributed by atoms with van der Waals surface area (Å²) in [6, 6.07) is 11.7. The standard InChI is InChI=1S/C19H22N2O2S/c1-12-18(13-8-10-21(12)11-9-13)20-19(23)17-7-6-16(24-17)14-4-2-3-5-15(14)22/h2-7,12-13,18,22H,8-11H2,1H3,(H,20,23)/t12-,18-/m0/s1. The first-order chi connectivity index (χ1) is 11.6. The van der Waals surface area contributed by atoms with Crippen LogP contribution in [0.2, 0.25) is 0 Å². The van der Waals surface area contributed by atoms with E-state index < -0.39 is 0 Å². The number of phenols is 1. The fourth-order valence-corrected chi connectivity index (χ4v) is 5.00. The topological polar surface area (TPSA) is 52.6 Å². The van der Waals surface area contributed by atoms with Gasteiger partial charge in [-0.15, -0.1) is 11.3 Å². The van der Waals surface area contributed by atoms with Crippen molar-refractivity contribution in [1.82, 2.24) is 10.2 Å². The minimum absolute atomic E-state index is 0.00673. The van der Waals surface area contributed by atoms with E-state index in [1.807, 2.05) is 24.3 Å². The monoisotopic (exact) mass is 342 g/mol. The van der Waals surface area contributed by atoms with E-state index in [-0.39, 0.29) is 17.7 Å². The van der Waals surface area contributed by atoms with Crippen LogP contribution in [-0.4, -0.2) is 41.1 Å². The van der Waals surface area contributed by atoms with Crippen LogP contribution in [0.25, 0.3) is 10.4 Å². The number of piperidine rings is 3. The van der Waals surface area contributed by atoms with Gasteiger partial charge in [-0.05, 0) is 63.0 Å². The minimum atomic E-state index is 0.00673. The first-order valence-corrected chi connectivity index (χ1v) is 9.38. The molecule has 2 bridgehead atoms. The number of benzene rings is 1. The van der Waals surface area contributed by atoms with Crippen molar-refractivity contribution in [2.75, 3.05) is 13.1 Å². The van der Waals surface area contributed by atoms with Crippen LogP contribution in [0.4, 0.5) is 0 Å². The Morgan fingerprint density at radius 1 is 1.21 bits per heavy atom. The minimum Gasteiger partial charge on any atom is -0.507 e. The lowest BCUT2D eigenvalue weighted by molar-refractivity contribution is 0.0218. The fraction of sp³-hybridized carbons (Fsp3) is 0.421. The molecule has 5 rings (SSSR count). The molecule has 1 aromatic heterocycles. The van der Waals surface area contributed by atoms with E-state index in [1.165, 1.54) is 24.2 Å². The van der Waals surface area contributed by atoms with Gasteiger partial charge in [0.15, 0.2) is 0 Å². The molecule has 3 fully saturated rings. The van der Waals surface area contributed by atoms with Crippen molar-refractivity contribution in [3.05, 3.63) is 41.3 Å². The van der Waals surface area contributed by atoms with Gasteiger partial charge in [-0.2, -0.15) is 0 Å². The molecule has 3 aliphatic heterocycles. The highest BCUT2D eigenvalue weighted by molar-refractivity contribution is 7.17. The zero-order chi connectivity index (χ0) is 16.7. The summed E-state index contributed by atoms with van der Waals surface area (Å²) >= 11 is 1.43. The van der Waals surface area contributed by atoms with Crippen molar-refractivity contribution in [3.8, 4) is 16.2 Å². The molecule has 2 aromatic rings. The summed E-state index contributed by atoms with van der Waals surface area (Å²) < 4.78 is 0. The van der Waals surface area contributed by atoms with Gasteiger partial charge in [0.25, 0.3) is 5.91 Å². The zero-order valence-corrected chi connectivity index (χ0v) is 14.6. The number of amides is 1. The van der Waals surface area contributed by atoms with E-state index in [1.54, 1.807) is 12.1 Å². The maximum atomic E-state index is 12.7. The maximum Gasteiger partial charge on any atom is 0.261 e. The smallest absolute Gasteiger partial charge is 0.261 e. The molecule has 3 saturated heterocycles. The van der Waals surface area contributed by atoms with E-state index in [0.29, 0.717) is 16.8 Å². The molecule has 24 heavy (non-hydrogen) atoms. The second-order valence-corrected chi connectivity index (χ2v) is 7.88. The lowest BCUT2D eigenvalue weighted by Crippen LogP contribution is -2.62. The number of phenolic OH excluding ortho intramolecular Hbond substituents is 1. The summed E-state index contributed by atoms with van der Waals surface area (Å²) in [6.45, 7) is 4.54.